The Kier molecular flexibility index (Phi) is 6.09. The summed E-state index contributed by atoms with van der Waals surface area (Å²) in [5.41, 5.74) is 1.46. The van der Waals surface area contributed by atoms with Gasteiger partial charge < -0.3 is 9.80 Å². The third-order valence-electron chi connectivity index (χ3n) is 3.63. The summed E-state index contributed by atoms with van der Waals surface area (Å²) >= 11 is 0. The van der Waals surface area contributed by atoms with Crippen molar-refractivity contribution in [2.45, 2.75) is 26.7 Å². The first-order valence-corrected chi connectivity index (χ1v) is 8.07. The van der Waals surface area contributed by atoms with E-state index in [9.17, 15) is 4.79 Å². The van der Waals surface area contributed by atoms with Crippen LogP contribution >= 0.6 is 0 Å². The topological polar surface area (TPSA) is 49.3 Å². The van der Waals surface area contributed by atoms with Gasteiger partial charge in [-0.1, -0.05) is 32.0 Å². The molecule has 0 aliphatic carbocycles. The molecule has 0 saturated heterocycles. The lowest BCUT2D eigenvalue weighted by atomic mass is 10.2. The lowest BCUT2D eigenvalue weighted by Crippen LogP contribution is -2.33. The molecule has 1 aromatic carbocycles. The van der Waals surface area contributed by atoms with E-state index in [1.807, 2.05) is 47.2 Å². The number of amides is 1. The smallest absolute Gasteiger partial charge is 0.272 e. The van der Waals surface area contributed by atoms with Crippen LogP contribution in [0.4, 0.5) is 11.5 Å². The standard InChI is InChI=1S/C18H24N4O/c1-4-11-22(12-5-2)18(23)16-13-17(20-14-19-16)21(3)15-9-7-6-8-10-15/h6-10,13-14H,4-5,11-12H2,1-3H3. The molecule has 122 valence electrons. The number of hydrogen-bond acceptors (Lipinski definition) is 4. The molecule has 0 N–H and O–H groups in total. The molecule has 1 aromatic heterocycles. The lowest BCUT2D eigenvalue weighted by molar-refractivity contribution is 0.0749. The quantitative estimate of drug-likeness (QED) is 0.785. The first-order chi connectivity index (χ1) is 11.2. The van der Waals surface area contributed by atoms with Gasteiger partial charge in [-0.15, -0.1) is 0 Å². The molecular formula is C18H24N4O. The molecular weight excluding hydrogens is 288 g/mol. The summed E-state index contributed by atoms with van der Waals surface area (Å²) in [5, 5.41) is 0. The molecule has 0 spiro atoms. The van der Waals surface area contributed by atoms with Gasteiger partial charge in [-0.25, -0.2) is 9.97 Å². The number of carbonyl (C=O) groups excluding carboxylic acids is 1. The molecule has 2 rings (SSSR count). The Labute approximate surface area is 138 Å². The maximum absolute atomic E-state index is 12.7. The van der Waals surface area contributed by atoms with Crippen LogP contribution in [0.5, 0.6) is 0 Å². The molecule has 0 fully saturated rings. The van der Waals surface area contributed by atoms with Gasteiger partial charge in [0.1, 0.15) is 17.8 Å². The highest BCUT2D eigenvalue weighted by Gasteiger charge is 2.17. The van der Waals surface area contributed by atoms with Crippen molar-refractivity contribution in [1.29, 1.82) is 0 Å². The van der Waals surface area contributed by atoms with Crippen LogP contribution in [0.2, 0.25) is 0 Å². The Morgan fingerprint density at radius 1 is 1.04 bits per heavy atom. The second-order valence-corrected chi connectivity index (χ2v) is 5.45. The Bertz CT molecular complexity index is 624. The van der Waals surface area contributed by atoms with Gasteiger partial charge in [-0.2, -0.15) is 0 Å². The number of nitrogens with zero attached hydrogens (tertiary/aromatic N) is 4. The Morgan fingerprint density at radius 2 is 1.70 bits per heavy atom. The fourth-order valence-electron chi connectivity index (χ4n) is 2.45. The molecule has 0 atom stereocenters. The summed E-state index contributed by atoms with van der Waals surface area (Å²) in [6.45, 7) is 5.65. The number of carbonyl (C=O) groups is 1. The second-order valence-electron chi connectivity index (χ2n) is 5.45. The summed E-state index contributed by atoms with van der Waals surface area (Å²) in [5.74, 6) is 0.682. The highest BCUT2D eigenvalue weighted by atomic mass is 16.2. The third-order valence-corrected chi connectivity index (χ3v) is 3.63. The van der Waals surface area contributed by atoms with Crippen molar-refractivity contribution < 1.29 is 4.79 Å². The number of para-hydroxylation sites is 1. The first-order valence-electron chi connectivity index (χ1n) is 8.07. The van der Waals surface area contributed by atoms with Crippen molar-refractivity contribution in [3.05, 3.63) is 48.4 Å². The summed E-state index contributed by atoms with van der Waals surface area (Å²) in [4.78, 5) is 24.9. The van der Waals surface area contributed by atoms with Crippen molar-refractivity contribution >= 4 is 17.4 Å². The van der Waals surface area contributed by atoms with Crippen molar-refractivity contribution in [2.75, 3.05) is 25.0 Å². The summed E-state index contributed by atoms with van der Waals surface area (Å²) in [6.07, 6.45) is 3.33. The molecule has 0 unspecified atom stereocenters. The molecule has 5 nitrogen and oxygen atoms in total. The van der Waals surface area contributed by atoms with E-state index in [1.165, 1.54) is 6.33 Å². The third kappa shape index (κ3) is 4.28. The zero-order valence-corrected chi connectivity index (χ0v) is 14.1. The Balaban J connectivity index is 2.23. The molecule has 0 saturated carbocycles. The zero-order valence-electron chi connectivity index (χ0n) is 14.1. The van der Waals surface area contributed by atoms with E-state index < -0.39 is 0 Å². The molecule has 1 amide bonds. The van der Waals surface area contributed by atoms with E-state index in [-0.39, 0.29) is 5.91 Å². The molecule has 0 aliphatic rings. The largest absolute Gasteiger partial charge is 0.337 e. The SMILES string of the molecule is CCCN(CCC)C(=O)c1cc(N(C)c2ccccc2)ncn1. The van der Waals surface area contributed by atoms with Crippen LogP contribution in [-0.2, 0) is 0 Å². The molecule has 1 heterocycles. The van der Waals surface area contributed by atoms with Gasteiger partial charge in [0.05, 0.1) is 0 Å². The second kappa shape index (κ2) is 8.27. The lowest BCUT2D eigenvalue weighted by Gasteiger charge is -2.22. The van der Waals surface area contributed by atoms with Crippen molar-refractivity contribution in [2.24, 2.45) is 0 Å². The van der Waals surface area contributed by atoms with Crippen LogP contribution in [0.1, 0.15) is 37.2 Å². The van der Waals surface area contributed by atoms with Crippen molar-refractivity contribution in [1.82, 2.24) is 14.9 Å². The zero-order chi connectivity index (χ0) is 16.7. The van der Waals surface area contributed by atoms with Crippen LogP contribution in [0.15, 0.2) is 42.7 Å². The van der Waals surface area contributed by atoms with Gasteiger partial charge >= 0.3 is 0 Å². The van der Waals surface area contributed by atoms with Crippen molar-refractivity contribution in [3.8, 4) is 0 Å². The number of anilines is 2. The Morgan fingerprint density at radius 3 is 2.30 bits per heavy atom. The normalized spacial score (nSPS) is 10.4. The van der Waals surface area contributed by atoms with Gasteiger partial charge in [-0.05, 0) is 25.0 Å². The Hall–Kier alpha value is -2.43. The van der Waals surface area contributed by atoms with Crippen molar-refractivity contribution in [3.63, 3.8) is 0 Å². The average Bonchev–Trinajstić information content (AvgIpc) is 2.61. The maximum atomic E-state index is 12.7. The van der Waals surface area contributed by atoms with Crippen LogP contribution in [0, 0.1) is 0 Å². The van der Waals surface area contributed by atoms with E-state index in [0.29, 0.717) is 11.5 Å². The minimum absolute atomic E-state index is 0.0289. The number of aromatic nitrogens is 2. The monoisotopic (exact) mass is 312 g/mol. The molecule has 23 heavy (non-hydrogen) atoms. The van der Waals surface area contributed by atoms with E-state index in [0.717, 1.165) is 31.6 Å². The van der Waals surface area contributed by atoms with Crippen LogP contribution in [0.25, 0.3) is 0 Å². The highest BCUT2D eigenvalue weighted by Crippen LogP contribution is 2.21. The van der Waals surface area contributed by atoms with Crippen LogP contribution in [0.3, 0.4) is 0 Å². The molecule has 0 aliphatic heterocycles. The van der Waals surface area contributed by atoms with E-state index in [2.05, 4.69) is 23.8 Å². The molecule has 0 radical (unpaired) electrons. The minimum Gasteiger partial charge on any atom is -0.337 e. The average molecular weight is 312 g/mol. The van der Waals surface area contributed by atoms with Gasteiger partial charge in [-0.3, -0.25) is 4.79 Å². The van der Waals surface area contributed by atoms with Gasteiger partial charge in [0.2, 0.25) is 0 Å². The molecule has 0 bridgehead atoms. The first kappa shape index (κ1) is 16.9. The minimum atomic E-state index is -0.0289. The summed E-state index contributed by atoms with van der Waals surface area (Å²) < 4.78 is 0. The van der Waals surface area contributed by atoms with Gasteiger partial charge in [0.25, 0.3) is 5.91 Å². The summed E-state index contributed by atoms with van der Waals surface area (Å²) in [6, 6.07) is 11.7. The van der Waals surface area contributed by atoms with E-state index in [1.54, 1.807) is 6.07 Å². The van der Waals surface area contributed by atoms with Gasteiger partial charge in [0, 0.05) is 31.9 Å². The fourth-order valence-corrected chi connectivity index (χ4v) is 2.45. The fraction of sp³-hybridized carbons (Fsp3) is 0.389. The highest BCUT2D eigenvalue weighted by molar-refractivity contribution is 5.93. The number of benzene rings is 1. The van der Waals surface area contributed by atoms with E-state index >= 15 is 0 Å². The number of hydrogen-bond donors (Lipinski definition) is 0. The predicted molar refractivity (Wildman–Crippen MR) is 93.0 cm³/mol. The predicted octanol–water partition coefficient (Wildman–Crippen LogP) is 3.51. The summed E-state index contributed by atoms with van der Waals surface area (Å²) in [7, 11) is 1.93. The van der Waals surface area contributed by atoms with E-state index in [4.69, 9.17) is 0 Å². The molecule has 2 aromatic rings. The van der Waals surface area contributed by atoms with Gasteiger partial charge in [0.15, 0.2) is 0 Å². The van der Waals surface area contributed by atoms with Crippen LogP contribution in [-0.4, -0.2) is 40.9 Å². The van der Waals surface area contributed by atoms with Crippen LogP contribution < -0.4 is 4.90 Å². The number of rotatable bonds is 7. The maximum Gasteiger partial charge on any atom is 0.272 e. The molecule has 5 heteroatoms.